The number of hydrogen-bond donors (Lipinski definition) is 1. The normalized spacial score (nSPS) is 28.1. The number of aliphatic hydroxyl groups excluding tert-OH is 1. The number of carbonyl (C=O) groups is 1. The zero-order valence-corrected chi connectivity index (χ0v) is 10.5. The van der Waals surface area contributed by atoms with E-state index in [1.54, 1.807) is 23.1 Å². The van der Waals surface area contributed by atoms with Crippen molar-refractivity contribution < 1.29 is 14.6 Å². The van der Waals surface area contributed by atoms with E-state index in [0.29, 0.717) is 17.1 Å². The molecule has 1 saturated heterocycles. The highest BCUT2D eigenvalue weighted by Gasteiger charge is 2.42. The molecule has 1 aliphatic heterocycles. The Morgan fingerprint density at radius 3 is 2.72 bits per heavy atom. The molecule has 2 aliphatic rings. The number of β-amino-alcohol motifs (C(OH)–C–C–N with tert-alkyl or cyclic N) is 1. The quantitative estimate of drug-likeness (QED) is 0.895. The molecule has 5 heteroatoms. The number of rotatable bonds is 2. The Hall–Kier alpha value is -1.26. The molecule has 0 bridgehead atoms. The van der Waals surface area contributed by atoms with Gasteiger partial charge in [-0.2, -0.15) is 0 Å². The van der Waals surface area contributed by atoms with Gasteiger partial charge in [0.1, 0.15) is 6.10 Å². The van der Waals surface area contributed by atoms with Crippen LogP contribution in [0.15, 0.2) is 24.3 Å². The molecule has 2 atom stereocenters. The van der Waals surface area contributed by atoms with Crippen molar-refractivity contribution in [3.63, 3.8) is 0 Å². The molecule has 0 spiro atoms. The number of carbonyl (C=O) groups excluding carboxylic acids is 1. The second-order valence-corrected chi connectivity index (χ2v) is 5.18. The number of benzene rings is 1. The number of halogens is 1. The Morgan fingerprint density at radius 2 is 2.06 bits per heavy atom. The lowest BCUT2D eigenvalue weighted by Crippen LogP contribution is -2.48. The van der Waals surface area contributed by atoms with Gasteiger partial charge in [-0.25, -0.2) is 4.79 Å². The van der Waals surface area contributed by atoms with E-state index >= 15 is 0 Å². The van der Waals surface area contributed by atoms with Crippen molar-refractivity contribution in [1.82, 2.24) is 4.90 Å². The minimum Gasteiger partial charge on any atom is -0.438 e. The number of amides is 1. The Balaban J connectivity index is 1.82. The molecule has 2 fully saturated rings. The molecule has 1 N–H and O–H groups in total. The Labute approximate surface area is 110 Å². The summed E-state index contributed by atoms with van der Waals surface area (Å²) in [6.45, 7) is 0.319. The Kier molecular flexibility index (Phi) is 2.92. The summed E-state index contributed by atoms with van der Waals surface area (Å²) in [4.78, 5) is 13.5. The molecule has 1 aromatic rings. The largest absolute Gasteiger partial charge is 0.438 e. The Morgan fingerprint density at radius 1 is 1.33 bits per heavy atom. The number of nitrogens with zero attached hydrogens (tertiary/aromatic N) is 1. The molecule has 0 aromatic heterocycles. The van der Waals surface area contributed by atoms with Gasteiger partial charge in [0, 0.05) is 16.6 Å². The van der Waals surface area contributed by atoms with Crippen LogP contribution in [0.5, 0.6) is 0 Å². The van der Waals surface area contributed by atoms with Gasteiger partial charge in [0.15, 0.2) is 6.10 Å². The van der Waals surface area contributed by atoms with E-state index in [0.717, 1.165) is 12.8 Å². The van der Waals surface area contributed by atoms with E-state index in [2.05, 4.69) is 0 Å². The first-order valence-corrected chi connectivity index (χ1v) is 6.44. The van der Waals surface area contributed by atoms with Gasteiger partial charge in [0.25, 0.3) is 0 Å². The van der Waals surface area contributed by atoms with E-state index in [1.807, 2.05) is 6.07 Å². The fourth-order valence-corrected chi connectivity index (χ4v) is 2.53. The number of ether oxygens (including phenoxy) is 1. The van der Waals surface area contributed by atoms with Crippen molar-refractivity contribution in [2.24, 2.45) is 0 Å². The number of aliphatic hydroxyl groups is 1. The smallest absolute Gasteiger partial charge is 0.410 e. The second-order valence-electron chi connectivity index (χ2n) is 4.78. The first-order valence-electron chi connectivity index (χ1n) is 6.06. The molecule has 18 heavy (non-hydrogen) atoms. The molecule has 1 heterocycles. The van der Waals surface area contributed by atoms with Crippen LogP contribution in [-0.2, 0) is 4.74 Å². The van der Waals surface area contributed by atoms with Gasteiger partial charge in [-0.3, -0.25) is 0 Å². The van der Waals surface area contributed by atoms with Gasteiger partial charge >= 0.3 is 6.09 Å². The molecular weight excluding hydrogens is 254 g/mol. The lowest BCUT2D eigenvalue weighted by Gasteiger charge is -2.36. The summed E-state index contributed by atoms with van der Waals surface area (Å²) in [5.74, 6) is 0. The van der Waals surface area contributed by atoms with E-state index in [1.165, 1.54) is 0 Å². The molecule has 4 nitrogen and oxygen atoms in total. The topological polar surface area (TPSA) is 49.8 Å². The van der Waals surface area contributed by atoms with Gasteiger partial charge in [-0.1, -0.05) is 29.8 Å². The van der Waals surface area contributed by atoms with Crippen molar-refractivity contribution in [3.05, 3.63) is 34.9 Å². The van der Waals surface area contributed by atoms with E-state index in [-0.39, 0.29) is 12.1 Å². The van der Waals surface area contributed by atoms with Crippen LogP contribution in [-0.4, -0.2) is 34.8 Å². The van der Waals surface area contributed by atoms with E-state index < -0.39 is 12.2 Å². The van der Waals surface area contributed by atoms with Gasteiger partial charge in [-0.15, -0.1) is 0 Å². The van der Waals surface area contributed by atoms with Crippen LogP contribution in [0, 0.1) is 0 Å². The predicted octanol–water partition coefficient (Wildman–Crippen LogP) is 2.36. The maximum atomic E-state index is 11.9. The lowest BCUT2D eigenvalue weighted by atomic mass is 10.0. The summed E-state index contributed by atoms with van der Waals surface area (Å²) in [6, 6.07) is 7.37. The van der Waals surface area contributed by atoms with Gasteiger partial charge in [0.05, 0.1) is 6.54 Å². The van der Waals surface area contributed by atoms with Crippen LogP contribution >= 0.6 is 11.6 Å². The summed E-state index contributed by atoms with van der Waals surface area (Å²) in [7, 11) is 0. The molecular formula is C13H14ClNO3. The summed E-state index contributed by atoms with van der Waals surface area (Å²) < 4.78 is 5.33. The first kappa shape index (κ1) is 11.8. The Bertz CT molecular complexity index is 475. The minimum atomic E-state index is -0.733. The van der Waals surface area contributed by atoms with Gasteiger partial charge < -0.3 is 14.7 Å². The van der Waals surface area contributed by atoms with E-state index in [4.69, 9.17) is 16.3 Å². The second kappa shape index (κ2) is 4.44. The SMILES string of the molecule is O=C1O[C@H](c2ccccc2Cl)[C@H](O)CN1C1CC1. The summed E-state index contributed by atoms with van der Waals surface area (Å²) in [5, 5.41) is 10.6. The van der Waals surface area contributed by atoms with Gasteiger partial charge in [-0.05, 0) is 18.9 Å². The molecule has 1 aliphatic carbocycles. The van der Waals surface area contributed by atoms with Crippen molar-refractivity contribution in [3.8, 4) is 0 Å². The third-order valence-corrected chi connectivity index (χ3v) is 3.74. The third-order valence-electron chi connectivity index (χ3n) is 3.39. The highest BCUT2D eigenvalue weighted by molar-refractivity contribution is 6.31. The zero-order valence-electron chi connectivity index (χ0n) is 9.75. The maximum Gasteiger partial charge on any atom is 0.410 e. The standard InChI is InChI=1S/C13H14ClNO3/c14-10-4-2-1-3-9(10)12-11(16)7-15(8-5-6-8)13(17)18-12/h1-4,8,11-12,16H,5-7H2/t11-,12-/m1/s1. The molecule has 1 saturated carbocycles. The monoisotopic (exact) mass is 267 g/mol. The molecule has 3 rings (SSSR count). The minimum absolute atomic E-state index is 0.249. The van der Waals surface area contributed by atoms with E-state index in [9.17, 15) is 9.90 Å². The highest BCUT2D eigenvalue weighted by atomic mass is 35.5. The van der Waals surface area contributed by atoms with Crippen LogP contribution in [0.2, 0.25) is 5.02 Å². The molecule has 1 amide bonds. The van der Waals surface area contributed by atoms with Crippen molar-refractivity contribution in [2.45, 2.75) is 31.1 Å². The summed E-state index contributed by atoms with van der Waals surface area (Å²) in [6.07, 6.45) is 0.245. The lowest BCUT2D eigenvalue weighted by molar-refractivity contribution is -0.0620. The fraction of sp³-hybridized carbons (Fsp3) is 0.462. The highest BCUT2D eigenvalue weighted by Crippen LogP contribution is 2.36. The molecule has 0 radical (unpaired) electrons. The van der Waals surface area contributed by atoms with Crippen molar-refractivity contribution in [2.75, 3.05) is 6.54 Å². The van der Waals surface area contributed by atoms with Crippen LogP contribution in [0.25, 0.3) is 0 Å². The maximum absolute atomic E-state index is 11.9. The fourth-order valence-electron chi connectivity index (χ4n) is 2.29. The average molecular weight is 268 g/mol. The first-order chi connectivity index (χ1) is 8.66. The van der Waals surface area contributed by atoms with Crippen LogP contribution < -0.4 is 0 Å². The van der Waals surface area contributed by atoms with Crippen LogP contribution in [0.3, 0.4) is 0 Å². The summed E-state index contributed by atoms with van der Waals surface area (Å²) >= 11 is 6.07. The van der Waals surface area contributed by atoms with Crippen LogP contribution in [0.4, 0.5) is 4.79 Å². The van der Waals surface area contributed by atoms with Gasteiger partial charge in [0.2, 0.25) is 0 Å². The molecule has 96 valence electrons. The van der Waals surface area contributed by atoms with Crippen LogP contribution in [0.1, 0.15) is 24.5 Å². The van der Waals surface area contributed by atoms with Crippen molar-refractivity contribution >= 4 is 17.7 Å². The predicted molar refractivity (Wildman–Crippen MR) is 66.4 cm³/mol. The number of cyclic esters (lactones) is 1. The van der Waals surface area contributed by atoms with Crippen molar-refractivity contribution in [1.29, 1.82) is 0 Å². The number of hydrogen-bond acceptors (Lipinski definition) is 3. The molecule has 1 aromatic carbocycles. The molecule has 0 unspecified atom stereocenters. The average Bonchev–Trinajstić information content (AvgIpc) is 3.17. The third kappa shape index (κ3) is 2.06. The zero-order chi connectivity index (χ0) is 12.7. The summed E-state index contributed by atoms with van der Waals surface area (Å²) in [5.41, 5.74) is 0.662.